The maximum absolute atomic E-state index is 5.77. The van der Waals surface area contributed by atoms with Gasteiger partial charge in [0.2, 0.25) is 0 Å². The molecule has 168 valence electrons. The molecule has 2 N–H and O–H groups in total. The standard InChI is InChI=1S/C26H38N4O/c1-27-26(28-17-8-9-20-31-21-16-23-10-4-2-5-11-23)29-25-14-18-30(19-15-25)22-24-12-6-3-7-13-24/h2-7,10-13,25H,8-9,14-22H2,1H3,(H2,27,28,29). The summed E-state index contributed by atoms with van der Waals surface area (Å²) in [6, 6.07) is 21.8. The minimum absolute atomic E-state index is 0.500. The van der Waals surface area contributed by atoms with Crippen LogP contribution in [0.5, 0.6) is 0 Å². The average Bonchev–Trinajstić information content (AvgIpc) is 2.82. The van der Waals surface area contributed by atoms with Crippen molar-refractivity contribution >= 4 is 5.96 Å². The lowest BCUT2D eigenvalue weighted by Crippen LogP contribution is -2.48. The Labute approximate surface area is 187 Å². The van der Waals surface area contributed by atoms with Crippen molar-refractivity contribution < 1.29 is 4.74 Å². The van der Waals surface area contributed by atoms with Crippen molar-refractivity contribution in [3.63, 3.8) is 0 Å². The lowest BCUT2D eigenvalue weighted by Gasteiger charge is -2.33. The van der Waals surface area contributed by atoms with E-state index in [1.807, 2.05) is 7.05 Å². The van der Waals surface area contributed by atoms with Gasteiger partial charge >= 0.3 is 0 Å². The van der Waals surface area contributed by atoms with Crippen molar-refractivity contribution in [1.29, 1.82) is 0 Å². The molecule has 3 rings (SSSR count). The van der Waals surface area contributed by atoms with Crippen molar-refractivity contribution in [2.24, 2.45) is 4.99 Å². The minimum atomic E-state index is 0.500. The number of aliphatic imine (C=N–C) groups is 1. The maximum Gasteiger partial charge on any atom is 0.191 e. The van der Waals surface area contributed by atoms with Gasteiger partial charge in [0.15, 0.2) is 5.96 Å². The Bertz CT molecular complexity index is 743. The number of guanidine groups is 1. The fraction of sp³-hybridized carbons (Fsp3) is 0.500. The van der Waals surface area contributed by atoms with Gasteiger partial charge in [-0.2, -0.15) is 0 Å². The zero-order valence-corrected chi connectivity index (χ0v) is 18.9. The van der Waals surface area contributed by atoms with Crippen molar-refractivity contribution in [1.82, 2.24) is 15.5 Å². The first-order valence-corrected chi connectivity index (χ1v) is 11.7. The van der Waals surface area contributed by atoms with Gasteiger partial charge in [-0.05, 0) is 43.2 Å². The van der Waals surface area contributed by atoms with Gasteiger partial charge in [0.25, 0.3) is 0 Å². The summed E-state index contributed by atoms with van der Waals surface area (Å²) in [4.78, 5) is 6.94. The number of unbranched alkanes of at least 4 members (excludes halogenated alkanes) is 1. The Morgan fingerprint density at radius 1 is 0.935 bits per heavy atom. The molecule has 1 aliphatic heterocycles. The molecular formula is C26H38N4O. The van der Waals surface area contributed by atoms with Crippen molar-refractivity contribution in [3.8, 4) is 0 Å². The number of ether oxygens (including phenoxy) is 1. The summed E-state index contributed by atoms with van der Waals surface area (Å²) in [5, 5.41) is 7.05. The van der Waals surface area contributed by atoms with E-state index in [9.17, 15) is 0 Å². The fourth-order valence-electron chi connectivity index (χ4n) is 3.94. The van der Waals surface area contributed by atoms with Crippen LogP contribution in [0, 0.1) is 0 Å². The summed E-state index contributed by atoms with van der Waals surface area (Å²) in [6.45, 7) is 5.85. The van der Waals surface area contributed by atoms with Gasteiger partial charge in [-0.3, -0.25) is 9.89 Å². The highest BCUT2D eigenvalue weighted by molar-refractivity contribution is 5.79. The zero-order chi connectivity index (χ0) is 21.6. The SMILES string of the molecule is CN=C(NCCCCOCCc1ccccc1)NC1CCN(Cc2ccccc2)CC1. The molecule has 1 aliphatic rings. The molecule has 2 aromatic rings. The van der Waals surface area contributed by atoms with Gasteiger partial charge in [0.1, 0.15) is 0 Å². The van der Waals surface area contributed by atoms with Gasteiger partial charge in [0.05, 0.1) is 6.61 Å². The second-order valence-electron chi connectivity index (χ2n) is 8.23. The van der Waals surface area contributed by atoms with Gasteiger partial charge < -0.3 is 15.4 Å². The number of benzene rings is 2. The van der Waals surface area contributed by atoms with E-state index >= 15 is 0 Å². The Morgan fingerprint density at radius 3 is 2.29 bits per heavy atom. The van der Waals surface area contributed by atoms with Crippen molar-refractivity contribution in [2.75, 3.05) is 39.9 Å². The van der Waals surface area contributed by atoms with Crippen molar-refractivity contribution in [3.05, 3.63) is 71.8 Å². The highest BCUT2D eigenvalue weighted by atomic mass is 16.5. The Balaban J connectivity index is 1.21. The predicted molar refractivity (Wildman–Crippen MR) is 129 cm³/mol. The van der Waals surface area contributed by atoms with Crippen LogP contribution in [0.1, 0.15) is 36.8 Å². The summed E-state index contributed by atoms with van der Waals surface area (Å²) in [6.07, 6.45) is 5.45. The molecule has 0 atom stereocenters. The van der Waals surface area contributed by atoms with Crippen LogP contribution in [-0.4, -0.2) is 56.8 Å². The van der Waals surface area contributed by atoms with Gasteiger partial charge in [0, 0.05) is 45.9 Å². The summed E-state index contributed by atoms with van der Waals surface area (Å²) >= 11 is 0. The number of piperidine rings is 1. The molecule has 0 aliphatic carbocycles. The first-order valence-electron chi connectivity index (χ1n) is 11.7. The lowest BCUT2D eigenvalue weighted by molar-refractivity contribution is 0.133. The quantitative estimate of drug-likeness (QED) is 0.328. The number of hydrogen-bond donors (Lipinski definition) is 2. The fourth-order valence-corrected chi connectivity index (χ4v) is 3.94. The van der Waals surface area contributed by atoms with Gasteiger partial charge in [-0.25, -0.2) is 0 Å². The molecule has 0 radical (unpaired) electrons. The van der Waals surface area contributed by atoms with Crippen LogP contribution in [0.15, 0.2) is 65.7 Å². The van der Waals surface area contributed by atoms with Gasteiger partial charge in [-0.1, -0.05) is 60.7 Å². The second-order valence-corrected chi connectivity index (χ2v) is 8.23. The number of likely N-dealkylation sites (tertiary alicyclic amines) is 1. The third-order valence-corrected chi connectivity index (χ3v) is 5.79. The van der Waals surface area contributed by atoms with E-state index in [1.54, 1.807) is 0 Å². The van der Waals surface area contributed by atoms with E-state index in [0.717, 1.165) is 77.5 Å². The number of nitrogens with zero attached hydrogens (tertiary/aromatic N) is 2. The Kier molecular flexibility index (Phi) is 10.4. The molecule has 31 heavy (non-hydrogen) atoms. The molecule has 0 amide bonds. The molecule has 1 heterocycles. The van der Waals surface area contributed by atoms with E-state index in [4.69, 9.17) is 4.74 Å². The molecule has 0 bridgehead atoms. The van der Waals surface area contributed by atoms with Crippen LogP contribution in [0.3, 0.4) is 0 Å². The van der Waals surface area contributed by atoms with Crippen molar-refractivity contribution in [2.45, 2.75) is 44.7 Å². The predicted octanol–water partition coefficient (Wildman–Crippen LogP) is 3.86. The highest BCUT2D eigenvalue weighted by Crippen LogP contribution is 2.13. The largest absolute Gasteiger partial charge is 0.381 e. The highest BCUT2D eigenvalue weighted by Gasteiger charge is 2.19. The smallest absolute Gasteiger partial charge is 0.191 e. The van der Waals surface area contributed by atoms with Crippen LogP contribution in [0.2, 0.25) is 0 Å². The van der Waals surface area contributed by atoms with E-state index in [2.05, 4.69) is 81.2 Å². The molecule has 0 aromatic heterocycles. The molecular weight excluding hydrogens is 384 g/mol. The second kappa shape index (κ2) is 13.8. The maximum atomic E-state index is 5.77. The molecule has 0 unspecified atom stereocenters. The van der Waals surface area contributed by atoms with Crippen LogP contribution >= 0.6 is 0 Å². The number of hydrogen-bond acceptors (Lipinski definition) is 3. The molecule has 1 fully saturated rings. The molecule has 5 nitrogen and oxygen atoms in total. The molecule has 0 saturated carbocycles. The van der Waals surface area contributed by atoms with E-state index < -0.39 is 0 Å². The Morgan fingerprint density at radius 2 is 1.61 bits per heavy atom. The first-order chi connectivity index (χ1) is 15.3. The molecule has 5 heteroatoms. The summed E-state index contributed by atoms with van der Waals surface area (Å²) < 4.78 is 5.77. The van der Waals surface area contributed by atoms with E-state index in [1.165, 1.54) is 11.1 Å². The molecule has 2 aromatic carbocycles. The first kappa shape index (κ1) is 23.3. The average molecular weight is 423 g/mol. The van der Waals surface area contributed by atoms with Crippen LogP contribution in [0.25, 0.3) is 0 Å². The number of nitrogens with one attached hydrogen (secondary N) is 2. The summed E-state index contributed by atoms with van der Waals surface area (Å²) in [5.74, 6) is 0.923. The van der Waals surface area contributed by atoms with Crippen LogP contribution in [-0.2, 0) is 17.7 Å². The normalized spacial score (nSPS) is 15.7. The van der Waals surface area contributed by atoms with Crippen LogP contribution < -0.4 is 10.6 Å². The third kappa shape index (κ3) is 9.11. The lowest BCUT2D eigenvalue weighted by atomic mass is 10.0. The summed E-state index contributed by atoms with van der Waals surface area (Å²) in [7, 11) is 1.85. The third-order valence-electron chi connectivity index (χ3n) is 5.79. The molecule has 0 spiro atoms. The van der Waals surface area contributed by atoms with Crippen LogP contribution in [0.4, 0.5) is 0 Å². The van der Waals surface area contributed by atoms with E-state index in [0.29, 0.717) is 6.04 Å². The van der Waals surface area contributed by atoms with Gasteiger partial charge in [-0.15, -0.1) is 0 Å². The number of rotatable bonds is 11. The topological polar surface area (TPSA) is 48.9 Å². The van der Waals surface area contributed by atoms with E-state index in [-0.39, 0.29) is 0 Å². The molecule has 1 saturated heterocycles. The zero-order valence-electron chi connectivity index (χ0n) is 18.9. The summed E-state index contributed by atoms with van der Waals surface area (Å²) in [5.41, 5.74) is 2.74. The minimum Gasteiger partial charge on any atom is -0.381 e. The monoisotopic (exact) mass is 422 g/mol. The Hall–Kier alpha value is -2.37.